The summed E-state index contributed by atoms with van der Waals surface area (Å²) in [7, 11) is -3.86. The monoisotopic (exact) mass is 439 g/mol. The van der Waals surface area contributed by atoms with Gasteiger partial charge in [0, 0.05) is 32.2 Å². The van der Waals surface area contributed by atoms with Crippen LogP contribution in [0.4, 0.5) is 4.39 Å². The summed E-state index contributed by atoms with van der Waals surface area (Å²) >= 11 is 1.54. The van der Waals surface area contributed by atoms with Crippen LogP contribution in [0.25, 0.3) is 21.7 Å². The highest BCUT2D eigenvalue weighted by Gasteiger charge is 2.33. The molecule has 4 nitrogen and oxygen atoms in total. The number of rotatable bonds is 5. The summed E-state index contributed by atoms with van der Waals surface area (Å²) in [6.07, 6.45) is 3.91. The zero-order valence-electron chi connectivity index (χ0n) is 16.7. The molecule has 2 aromatic carbocycles. The van der Waals surface area contributed by atoms with E-state index in [-0.39, 0.29) is 5.82 Å². The maximum Gasteiger partial charge on any atom is 0.123 e. The Kier molecular flexibility index (Phi) is 5.13. The number of aryl methyl sites for hydroxylation is 1. The van der Waals surface area contributed by atoms with Gasteiger partial charge in [-0.1, -0.05) is 37.3 Å². The lowest BCUT2D eigenvalue weighted by Gasteiger charge is -2.33. The predicted octanol–water partition coefficient (Wildman–Crippen LogP) is 5.32. The zero-order chi connectivity index (χ0) is 21.4. The average molecular weight is 440 g/mol. The number of nitrogens with zero attached hydrogens (tertiary/aromatic N) is 2. The van der Waals surface area contributed by atoms with Gasteiger partial charge in [0.25, 0.3) is 0 Å². The van der Waals surface area contributed by atoms with Crippen LogP contribution in [0.1, 0.15) is 11.9 Å². The van der Waals surface area contributed by atoms with Crippen LogP contribution in [0.2, 0.25) is 0 Å². The van der Waals surface area contributed by atoms with Gasteiger partial charge in [0.05, 0.1) is 15.6 Å². The summed E-state index contributed by atoms with van der Waals surface area (Å²) in [5.41, 5.74) is 2.20. The fraction of sp³-hybridized carbons (Fsp3) is 0.130. The van der Waals surface area contributed by atoms with E-state index in [9.17, 15) is 8.60 Å². The van der Waals surface area contributed by atoms with E-state index in [1.54, 1.807) is 30.5 Å². The molecule has 2 heterocycles. The number of thiazole rings is 1. The van der Waals surface area contributed by atoms with Gasteiger partial charge in [-0.2, -0.15) is 0 Å². The Bertz CT molecular complexity index is 1280. The molecule has 0 fully saturated rings. The molecular weight excluding hydrogens is 417 g/mol. The Morgan fingerprint density at radius 1 is 1.03 bits per heavy atom. The number of halogens is 1. The summed E-state index contributed by atoms with van der Waals surface area (Å²) in [6.45, 7) is 2.03. The topological polar surface area (TPSA) is 68.9 Å². The third kappa shape index (κ3) is 3.71. The second-order valence-electron chi connectivity index (χ2n) is 7.26. The number of hydrogen-bond donors (Lipinski definition) is 1. The van der Waals surface area contributed by atoms with Crippen LogP contribution in [0.15, 0.2) is 82.8 Å². The van der Waals surface area contributed by atoms with Crippen molar-refractivity contribution in [3.05, 3.63) is 83.8 Å². The molecule has 0 aliphatic carbocycles. The maximum absolute atomic E-state index is 13.9. The Hall–Kier alpha value is -2.74. The zero-order valence-corrected chi connectivity index (χ0v) is 18.3. The second-order valence-corrected chi connectivity index (χ2v) is 12.1. The van der Waals surface area contributed by atoms with E-state index < -0.39 is 9.25 Å². The minimum absolute atomic E-state index is 0.312. The highest BCUT2D eigenvalue weighted by Crippen LogP contribution is 2.40. The van der Waals surface area contributed by atoms with E-state index in [0.717, 1.165) is 21.9 Å². The van der Waals surface area contributed by atoms with Gasteiger partial charge in [-0.3, -0.25) is 9.35 Å². The lowest BCUT2D eigenvalue weighted by molar-refractivity contribution is 0.628. The number of nitrogens with two attached hydrogens (primary N) is 1. The average Bonchev–Trinajstić information content (AvgIpc) is 3.19. The maximum atomic E-state index is 13.9. The fourth-order valence-corrected chi connectivity index (χ4v) is 6.09. The van der Waals surface area contributed by atoms with Gasteiger partial charge in [0.1, 0.15) is 10.8 Å². The molecule has 0 saturated heterocycles. The number of pyridine rings is 1. The molecule has 4 rings (SSSR count). The Balaban J connectivity index is 1.88. The first-order chi connectivity index (χ1) is 14.3. The molecule has 0 atom stereocenters. The van der Waals surface area contributed by atoms with Gasteiger partial charge in [-0.15, -0.1) is 11.3 Å². The van der Waals surface area contributed by atoms with Crippen LogP contribution >= 0.6 is 11.3 Å². The molecule has 0 amide bonds. The van der Waals surface area contributed by atoms with Crippen molar-refractivity contribution in [2.45, 2.75) is 23.3 Å². The third-order valence-electron chi connectivity index (χ3n) is 4.92. The lowest BCUT2D eigenvalue weighted by Crippen LogP contribution is -2.42. The molecule has 0 saturated carbocycles. The van der Waals surface area contributed by atoms with E-state index >= 15 is 0 Å². The standard InChI is InChI=1S/C23H22FN3OS2/c1-3-20-27-22(16-8-7-9-18(24)14-16)23(29-20)17-12-13-26-21(15-17)30(2,25,28)19-10-5-4-6-11-19/h4-15H,3H2,1-2H3,(H2,25,28). The van der Waals surface area contributed by atoms with Crippen LogP contribution in [-0.4, -0.2) is 20.4 Å². The Labute approximate surface area is 179 Å². The van der Waals surface area contributed by atoms with Gasteiger partial charge >= 0.3 is 0 Å². The van der Waals surface area contributed by atoms with E-state index in [1.165, 1.54) is 29.7 Å². The number of aromatic nitrogens is 2. The molecule has 0 bridgehead atoms. The van der Waals surface area contributed by atoms with Crippen LogP contribution < -0.4 is 5.14 Å². The van der Waals surface area contributed by atoms with Gasteiger partial charge in [0.15, 0.2) is 0 Å². The highest BCUT2D eigenvalue weighted by molar-refractivity contribution is 8.17. The third-order valence-corrected chi connectivity index (χ3v) is 8.87. The Morgan fingerprint density at radius 3 is 2.50 bits per heavy atom. The molecule has 0 unspecified atom stereocenters. The van der Waals surface area contributed by atoms with Gasteiger partial charge < -0.3 is 0 Å². The quantitative estimate of drug-likeness (QED) is 0.458. The summed E-state index contributed by atoms with van der Waals surface area (Å²) < 4.78 is 27.7. The van der Waals surface area contributed by atoms with Crippen LogP contribution in [0.5, 0.6) is 0 Å². The van der Waals surface area contributed by atoms with Crippen molar-refractivity contribution in [3.8, 4) is 21.7 Å². The molecular formula is C23H22FN3OS2. The van der Waals surface area contributed by atoms with Gasteiger partial charge in [0.2, 0.25) is 0 Å². The van der Waals surface area contributed by atoms with Crippen molar-refractivity contribution < 1.29 is 8.60 Å². The molecule has 2 N–H and O–H groups in total. The van der Waals surface area contributed by atoms with E-state index in [0.29, 0.717) is 21.2 Å². The first kappa shape index (κ1) is 20.5. The van der Waals surface area contributed by atoms with Gasteiger partial charge in [-0.25, -0.2) is 14.4 Å². The summed E-state index contributed by atoms with van der Waals surface area (Å²) in [5.74, 6) is -0.317. The predicted molar refractivity (Wildman–Crippen MR) is 121 cm³/mol. The molecule has 30 heavy (non-hydrogen) atoms. The molecule has 154 valence electrons. The van der Waals surface area contributed by atoms with Crippen molar-refractivity contribution in [3.63, 3.8) is 0 Å². The smallest absolute Gasteiger partial charge is 0.123 e. The van der Waals surface area contributed by atoms with E-state index in [2.05, 4.69) is 4.98 Å². The van der Waals surface area contributed by atoms with Crippen molar-refractivity contribution in [1.82, 2.24) is 9.97 Å². The first-order valence-corrected chi connectivity index (χ1v) is 12.7. The molecule has 7 heteroatoms. The van der Waals surface area contributed by atoms with Gasteiger partial charge in [-0.05, 0) is 48.4 Å². The normalized spacial score (nSPS) is 13.0. The molecule has 0 aliphatic rings. The summed E-state index contributed by atoms with van der Waals surface area (Å²) in [4.78, 5) is 10.5. The van der Waals surface area contributed by atoms with Crippen LogP contribution in [0, 0.1) is 5.82 Å². The minimum Gasteiger partial charge on any atom is -0.263 e. The molecule has 0 aliphatic heterocycles. The van der Waals surface area contributed by atoms with E-state index in [4.69, 9.17) is 10.1 Å². The molecule has 0 radical (unpaired) electrons. The highest BCUT2D eigenvalue weighted by atomic mass is 32.3. The second kappa shape index (κ2) is 7.50. The largest absolute Gasteiger partial charge is 0.263 e. The Morgan fingerprint density at radius 2 is 1.80 bits per heavy atom. The fourth-order valence-electron chi connectivity index (χ4n) is 3.25. The van der Waals surface area contributed by atoms with Crippen LogP contribution in [-0.2, 0) is 15.7 Å². The SMILES string of the molecule is CCc1nc(-c2cccc(F)c2)c(-c2ccnc(S(C)(N)(=O)c3ccccc3)c2)s1. The minimum atomic E-state index is -3.86. The first-order valence-electron chi connectivity index (χ1n) is 9.49. The number of hydrogen-bond acceptors (Lipinski definition) is 4. The van der Waals surface area contributed by atoms with E-state index in [1.807, 2.05) is 37.3 Å². The summed E-state index contributed by atoms with van der Waals surface area (Å²) in [5, 5.41) is 7.73. The van der Waals surface area contributed by atoms with Crippen LogP contribution in [0.3, 0.4) is 0 Å². The van der Waals surface area contributed by atoms with Crippen molar-refractivity contribution >= 4 is 20.6 Å². The molecule has 4 aromatic rings. The van der Waals surface area contributed by atoms with Crippen molar-refractivity contribution in [1.29, 1.82) is 0 Å². The summed E-state index contributed by atoms with van der Waals surface area (Å²) in [6, 6.07) is 19.0. The van der Waals surface area contributed by atoms with Crippen molar-refractivity contribution in [2.24, 2.45) is 5.14 Å². The number of benzene rings is 2. The van der Waals surface area contributed by atoms with Crippen molar-refractivity contribution in [2.75, 3.05) is 6.26 Å². The molecule has 2 aromatic heterocycles. The molecule has 0 spiro atoms. The lowest BCUT2D eigenvalue weighted by atomic mass is 10.1.